The predicted octanol–water partition coefficient (Wildman–Crippen LogP) is 3.62. The quantitative estimate of drug-likeness (QED) is 0.675. The molecule has 0 aliphatic heterocycles. The second-order valence-corrected chi connectivity index (χ2v) is 7.90. The van der Waals surface area contributed by atoms with E-state index in [1.165, 1.54) is 19.3 Å². The monoisotopic (exact) mass is 408 g/mol. The van der Waals surface area contributed by atoms with E-state index in [0.29, 0.717) is 30.6 Å². The molecule has 156 valence electrons. The van der Waals surface area contributed by atoms with E-state index in [4.69, 9.17) is 15.2 Å². The Morgan fingerprint density at radius 3 is 2.50 bits per heavy atom. The minimum absolute atomic E-state index is 0. The highest BCUT2D eigenvalue weighted by atomic mass is 35.5. The van der Waals surface area contributed by atoms with Crippen LogP contribution in [0.3, 0.4) is 0 Å². The van der Waals surface area contributed by atoms with Gasteiger partial charge in [0.1, 0.15) is 0 Å². The highest BCUT2D eigenvalue weighted by molar-refractivity contribution is 5.85. The summed E-state index contributed by atoms with van der Waals surface area (Å²) in [4.78, 5) is 12.8. The van der Waals surface area contributed by atoms with Crippen molar-refractivity contribution in [1.29, 1.82) is 0 Å². The summed E-state index contributed by atoms with van der Waals surface area (Å²) in [6, 6.07) is 4.27. The number of carbonyl (C=O) groups is 1. The lowest BCUT2D eigenvalue weighted by atomic mass is 9.65. The van der Waals surface area contributed by atoms with Gasteiger partial charge >= 0.3 is 0 Å². The van der Waals surface area contributed by atoms with E-state index in [2.05, 4.69) is 18.0 Å². The van der Waals surface area contributed by atoms with E-state index in [1.807, 2.05) is 12.1 Å². The van der Waals surface area contributed by atoms with Gasteiger partial charge in [-0.2, -0.15) is 0 Å². The van der Waals surface area contributed by atoms with Gasteiger partial charge in [-0.15, -0.1) is 19.0 Å². The van der Waals surface area contributed by atoms with Crippen LogP contribution in [0.5, 0.6) is 11.5 Å². The standard InChI is InChI=1S/C22H32N2O3.ClH/c1-4-6-17-9-14(10-19(26-2)21(17)27-3)13-24-22(25)18-11-15-7-5-8-16(12-18)20(15)23;/h4,9-10,15-16,18,20H,1,5-8,11-13,23H2,2-3H3,(H,24,25);1H. The number of hydrogen-bond donors (Lipinski definition) is 2. The first-order valence-electron chi connectivity index (χ1n) is 9.95. The number of amides is 1. The van der Waals surface area contributed by atoms with Crippen molar-refractivity contribution >= 4 is 18.3 Å². The maximum absolute atomic E-state index is 12.8. The molecule has 1 aromatic rings. The number of nitrogens with one attached hydrogen (secondary N) is 1. The number of fused-ring (bicyclic) bond motifs is 2. The Kier molecular flexibility index (Phi) is 8.20. The topological polar surface area (TPSA) is 73.6 Å². The van der Waals surface area contributed by atoms with Crippen molar-refractivity contribution in [3.05, 3.63) is 35.9 Å². The van der Waals surface area contributed by atoms with Crippen molar-refractivity contribution in [3.63, 3.8) is 0 Å². The van der Waals surface area contributed by atoms with Crippen LogP contribution in [0.2, 0.25) is 0 Å². The van der Waals surface area contributed by atoms with Crippen molar-refractivity contribution < 1.29 is 14.3 Å². The van der Waals surface area contributed by atoms with Crippen molar-refractivity contribution in [2.75, 3.05) is 14.2 Å². The zero-order valence-corrected chi connectivity index (χ0v) is 17.7. The molecule has 2 saturated carbocycles. The summed E-state index contributed by atoms with van der Waals surface area (Å²) < 4.78 is 10.9. The zero-order valence-electron chi connectivity index (χ0n) is 16.9. The Morgan fingerprint density at radius 2 is 1.93 bits per heavy atom. The van der Waals surface area contributed by atoms with Crippen LogP contribution in [0, 0.1) is 17.8 Å². The molecule has 0 saturated heterocycles. The molecule has 0 spiro atoms. The highest BCUT2D eigenvalue weighted by Crippen LogP contribution is 2.42. The summed E-state index contributed by atoms with van der Waals surface area (Å²) in [6.45, 7) is 4.30. The molecule has 2 aliphatic rings. The van der Waals surface area contributed by atoms with Gasteiger partial charge in [0, 0.05) is 24.1 Å². The average Bonchev–Trinajstić information content (AvgIpc) is 2.65. The molecule has 1 aromatic carbocycles. The number of carbonyl (C=O) groups excluding carboxylic acids is 1. The fourth-order valence-corrected chi connectivity index (χ4v) is 4.85. The van der Waals surface area contributed by atoms with Crippen molar-refractivity contribution in [3.8, 4) is 11.5 Å². The molecule has 0 heterocycles. The third-order valence-electron chi connectivity index (χ3n) is 6.23. The van der Waals surface area contributed by atoms with Crippen LogP contribution in [0.15, 0.2) is 24.8 Å². The molecular formula is C22H33ClN2O3. The average molecular weight is 409 g/mol. The Morgan fingerprint density at radius 1 is 1.25 bits per heavy atom. The maximum atomic E-state index is 12.8. The smallest absolute Gasteiger partial charge is 0.223 e. The van der Waals surface area contributed by atoms with Gasteiger partial charge in [-0.25, -0.2) is 0 Å². The summed E-state index contributed by atoms with van der Waals surface area (Å²) in [5, 5.41) is 3.13. The molecule has 2 unspecified atom stereocenters. The molecule has 3 rings (SSSR count). The van der Waals surface area contributed by atoms with Gasteiger partial charge in [-0.3, -0.25) is 4.79 Å². The molecule has 2 fully saturated rings. The minimum atomic E-state index is 0. The first-order chi connectivity index (χ1) is 13.1. The number of benzene rings is 1. The van der Waals surface area contributed by atoms with Gasteiger partial charge < -0.3 is 20.5 Å². The third-order valence-corrected chi connectivity index (χ3v) is 6.23. The first kappa shape index (κ1) is 22.6. The fourth-order valence-electron chi connectivity index (χ4n) is 4.85. The number of methoxy groups -OCH3 is 2. The summed E-state index contributed by atoms with van der Waals surface area (Å²) in [5.41, 5.74) is 8.36. The molecule has 2 aliphatic carbocycles. The Hall–Kier alpha value is -1.72. The van der Waals surface area contributed by atoms with Gasteiger partial charge in [-0.05, 0) is 61.6 Å². The largest absolute Gasteiger partial charge is 0.493 e. The van der Waals surface area contributed by atoms with Gasteiger partial charge in [0.25, 0.3) is 0 Å². The van der Waals surface area contributed by atoms with Crippen LogP contribution < -0.4 is 20.5 Å². The second-order valence-electron chi connectivity index (χ2n) is 7.90. The Labute approximate surface area is 174 Å². The summed E-state index contributed by atoms with van der Waals surface area (Å²) in [5.74, 6) is 2.66. The molecule has 6 heteroatoms. The molecule has 0 radical (unpaired) electrons. The van der Waals surface area contributed by atoms with Gasteiger partial charge in [0.05, 0.1) is 14.2 Å². The fraction of sp³-hybridized carbons (Fsp3) is 0.591. The SMILES string of the molecule is C=CCc1cc(CNC(=O)C2CC3CCCC(C2)C3N)cc(OC)c1OC.Cl. The zero-order chi connectivity index (χ0) is 19.4. The van der Waals surface area contributed by atoms with Gasteiger partial charge in [-0.1, -0.05) is 12.5 Å². The van der Waals surface area contributed by atoms with E-state index in [9.17, 15) is 4.79 Å². The molecule has 5 nitrogen and oxygen atoms in total. The lowest BCUT2D eigenvalue weighted by Gasteiger charge is -2.43. The number of halogens is 1. The molecule has 3 N–H and O–H groups in total. The van der Waals surface area contributed by atoms with E-state index >= 15 is 0 Å². The lowest BCUT2D eigenvalue weighted by Crippen LogP contribution is -2.49. The van der Waals surface area contributed by atoms with Crippen molar-refractivity contribution in [2.45, 2.75) is 51.1 Å². The van der Waals surface area contributed by atoms with Crippen LogP contribution in [0.1, 0.15) is 43.2 Å². The lowest BCUT2D eigenvalue weighted by molar-refractivity contribution is -0.128. The van der Waals surface area contributed by atoms with Crippen LogP contribution in [0.4, 0.5) is 0 Å². The van der Waals surface area contributed by atoms with Crippen LogP contribution in [0.25, 0.3) is 0 Å². The van der Waals surface area contributed by atoms with Gasteiger partial charge in [0.15, 0.2) is 11.5 Å². The predicted molar refractivity (Wildman–Crippen MR) is 114 cm³/mol. The van der Waals surface area contributed by atoms with E-state index in [1.54, 1.807) is 14.2 Å². The molecule has 1 amide bonds. The minimum Gasteiger partial charge on any atom is -0.493 e. The first-order valence-corrected chi connectivity index (χ1v) is 9.95. The second kappa shape index (κ2) is 10.2. The Balaban J connectivity index is 0.00000280. The van der Waals surface area contributed by atoms with Crippen LogP contribution >= 0.6 is 12.4 Å². The van der Waals surface area contributed by atoms with Crippen LogP contribution in [-0.2, 0) is 17.8 Å². The van der Waals surface area contributed by atoms with Crippen molar-refractivity contribution in [1.82, 2.24) is 5.32 Å². The molecular weight excluding hydrogens is 376 g/mol. The normalized spacial score (nSPS) is 26.0. The van der Waals surface area contributed by atoms with E-state index in [0.717, 1.165) is 29.7 Å². The van der Waals surface area contributed by atoms with E-state index < -0.39 is 0 Å². The number of nitrogens with two attached hydrogens (primary N) is 1. The van der Waals surface area contributed by atoms with Gasteiger partial charge in [0.2, 0.25) is 5.91 Å². The molecule has 2 bridgehead atoms. The Bertz CT molecular complexity index is 681. The highest BCUT2D eigenvalue weighted by Gasteiger charge is 2.40. The van der Waals surface area contributed by atoms with Crippen molar-refractivity contribution in [2.24, 2.45) is 23.5 Å². The van der Waals surface area contributed by atoms with E-state index in [-0.39, 0.29) is 30.3 Å². The summed E-state index contributed by atoms with van der Waals surface area (Å²) in [6.07, 6.45) is 7.97. The summed E-state index contributed by atoms with van der Waals surface area (Å²) >= 11 is 0. The van der Waals surface area contributed by atoms with Crippen LogP contribution in [-0.4, -0.2) is 26.2 Å². The maximum Gasteiger partial charge on any atom is 0.223 e. The number of rotatable bonds is 7. The number of hydrogen-bond acceptors (Lipinski definition) is 4. The summed E-state index contributed by atoms with van der Waals surface area (Å²) in [7, 11) is 3.26. The number of ether oxygens (including phenoxy) is 2. The third kappa shape index (κ3) is 4.81. The number of allylic oxidation sites excluding steroid dienone is 1. The molecule has 28 heavy (non-hydrogen) atoms. The molecule has 0 aromatic heterocycles. The molecule has 2 atom stereocenters.